The predicted molar refractivity (Wildman–Crippen MR) is 122 cm³/mol. The summed E-state index contributed by atoms with van der Waals surface area (Å²) < 4.78 is 5.22. The molecule has 0 unspecified atom stereocenters. The van der Waals surface area contributed by atoms with Crippen LogP contribution in [0.25, 0.3) is 0 Å². The molecule has 2 aliphatic heterocycles. The van der Waals surface area contributed by atoms with E-state index >= 15 is 0 Å². The fraction of sp³-hybridized carbons (Fsp3) is 0.292. The van der Waals surface area contributed by atoms with E-state index in [1.165, 1.54) is 10.5 Å². The summed E-state index contributed by atoms with van der Waals surface area (Å²) in [4.78, 5) is 40.1. The van der Waals surface area contributed by atoms with Crippen LogP contribution in [0.5, 0.6) is 0 Å². The summed E-state index contributed by atoms with van der Waals surface area (Å²) in [5.74, 6) is -0.741. The number of benzene rings is 2. The van der Waals surface area contributed by atoms with Gasteiger partial charge in [0.05, 0.1) is 17.3 Å². The quantitative estimate of drug-likeness (QED) is 0.366. The molecule has 0 aromatic heterocycles. The molecule has 0 aliphatic carbocycles. The van der Waals surface area contributed by atoms with Crippen LogP contribution < -0.4 is 10.6 Å². The molecular formula is C24H25N3O4S. The minimum Gasteiger partial charge on any atom is -0.456 e. The van der Waals surface area contributed by atoms with Gasteiger partial charge in [0.15, 0.2) is 0 Å². The zero-order valence-electron chi connectivity index (χ0n) is 17.8. The third kappa shape index (κ3) is 4.80. The summed E-state index contributed by atoms with van der Waals surface area (Å²) in [6.07, 6.45) is 3.64. The van der Waals surface area contributed by atoms with Gasteiger partial charge >= 0.3 is 12.0 Å². The molecule has 0 saturated heterocycles. The van der Waals surface area contributed by atoms with Gasteiger partial charge < -0.3 is 15.4 Å². The molecule has 32 heavy (non-hydrogen) atoms. The molecule has 7 nitrogen and oxygen atoms in total. The van der Waals surface area contributed by atoms with Crippen LogP contribution in [0.1, 0.15) is 23.6 Å². The largest absolute Gasteiger partial charge is 0.456 e. The van der Waals surface area contributed by atoms with E-state index in [2.05, 4.69) is 22.8 Å². The second-order valence-corrected chi connectivity index (χ2v) is 8.50. The first-order chi connectivity index (χ1) is 15.6. The number of urea groups is 1. The molecule has 2 aromatic carbocycles. The van der Waals surface area contributed by atoms with E-state index in [1.54, 1.807) is 11.8 Å². The lowest BCUT2D eigenvalue weighted by molar-refractivity contribution is -0.136. The van der Waals surface area contributed by atoms with Gasteiger partial charge in [0.25, 0.3) is 0 Å². The highest BCUT2D eigenvalue weighted by molar-refractivity contribution is 7.98. The molecule has 2 N–H and O–H groups in total. The van der Waals surface area contributed by atoms with Gasteiger partial charge in [0.1, 0.15) is 13.2 Å². The normalized spacial score (nSPS) is 17.7. The molecule has 2 aliphatic rings. The molecule has 1 atom stereocenters. The number of hydrogen-bond acceptors (Lipinski definition) is 5. The Labute approximate surface area is 191 Å². The maximum absolute atomic E-state index is 12.8. The van der Waals surface area contributed by atoms with Gasteiger partial charge in [0.2, 0.25) is 5.91 Å². The number of thioether (sulfide) groups is 1. The molecule has 3 amide bonds. The number of esters is 1. The number of aryl methyl sites for hydroxylation is 1. The molecule has 2 heterocycles. The van der Waals surface area contributed by atoms with Gasteiger partial charge in [-0.25, -0.2) is 9.59 Å². The van der Waals surface area contributed by atoms with E-state index in [-0.39, 0.29) is 19.1 Å². The number of nitrogens with one attached hydrogen (secondary N) is 2. The van der Waals surface area contributed by atoms with Crippen molar-refractivity contribution in [2.24, 2.45) is 0 Å². The molecule has 0 radical (unpaired) electrons. The average molecular weight is 452 g/mol. The zero-order chi connectivity index (χ0) is 22.5. The Morgan fingerprint density at radius 1 is 1.16 bits per heavy atom. The number of ether oxygens (including phenoxy) is 1. The Morgan fingerprint density at radius 3 is 2.62 bits per heavy atom. The molecule has 0 bridgehead atoms. The Balaban J connectivity index is 1.41. The number of cyclic esters (lactones) is 1. The fourth-order valence-electron chi connectivity index (χ4n) is 3.89. The Morgan fingerprint density at radius 2 is 1.91 bits per heavy atom. The van der Waals surface area contributed by atoms with Crippen LogP contribution in [0.3, 0.4) is 0 Å². The second kappa shape index (κ2) is 9.91. The first kappa shape index (κ1) is 22.0. The van der Waals surface area contributed by atoms with E-state index in [4.69, 9.17) is 4.74 Å². The third-order valence-electron chi connectivity index (χ3n) is 5.56. The molecule has 8 heteroatoms. The highest BCUT2D eigenvalue weighted by Crippen LogP contribution is 2.35. The molecule has 4 rings (SSSR count). The lowest BCUT2D eigenvalue weighted by atomic mass is 9.96. The van der Waals surface area contributed by atoms with Gasteiger partial charge in [0, 0.05) is 11.4 Å². The van der Waals surface area contributed by atoms with Crippen molar-refractivity contribution in [3.05, 3.63) is 77.0 Å². The number of carbonyl (C=O) groups is 3. The zero-order valence-corrected chi connectivity index (χ0v) is 18.6. The van der Waals surface area contributed by atoms with Crippen molar-refractivity contribution >= 4 is 29.7 Å². The number of hydrogen-bond donors (Lipinski definition) is 2. The van der Waals surface area contributed by atoms with Crippen LogP contribution in [0.4, 0.5) is 4.79 Å². The third-order valence-corrected chi connectivity index (χ3v) is 6.30. The Bertz CT molecular complexity index is 1040. The standard InChI is InChI=1S/C24H25N3O4S/c1-32-18-11-9-17(10-12-18)22-21-19(15-31-23(21)29)27(24(30)26-22)14-20(28)25-13-5-8-16-6-3-2-4-7-16/h2-4,6-7,9-12,22H,5,8,13-15H2,1H3,(H,25,28)(H,26,30)/t22-/m0/s1. The SMILES string of the molecule is CSc1ccc([C@@H]2NC(=O)N(CC(=O)NCCCc3ccccc3)C3=C2C(=O)OC3)cc1. The maximum atomic E-state index is 12.8. The molecular weight excluding hydrogens is 426 g/mol. The van der Waals surface area contributed by atoms with Crippen LogP contribution >= 0.6 is 11.8 Å². The maximum Gasteiger partial charge on any atom is 0.338 e. The molecule has 0 spiro atoms. The Kier molecular flexibility index (Phi) is 6.80. The smallest absolute Gasteiger partial charge is 0.338 e. The predicted octanol–water partition coefficient (Wildman–Crippen LogP) is 3.03. The van der Waals surface area contributed by atoms with Crippen molar-refractivity contribution in [3.8, 4) is 0 Å². The average Bonchev–Trinajstić information content (AvgIpc) is 3.20. The fourth-order valence-corrected chi connectivity index (χ4v) is 4.30. The summed E-state index contributed by atoms with van der Waals surface area (Å²) in [6, 6.07) is 16.7. The summed E-state index contributed by atoms with van der Waals surface area (Å²) in [6.45, 7) is 0.335. The Hall–Kier alpha value is -3.26. The van der Waals surface area contributed by atoms with Crippen LogP contribution in [0.2, 0.25) is 0 Å². The molecule has 0 fully saturated rings. The second-order valence-electron chi connectivity index (χ2n) is 7.62. The summed E-state index contributed by atoms with van der Waals surface area (Å²) in [7, 11) is 0. The summed E-state index contributed by atoms with van der Waals surface area (Å²) >= 11 is 1.61. The highest BCUT2D eigenvalue weighted by Gasteiger charge is 2.42. The van der Waals surface area contributed by atoms with Crippen molar-refractivity contribution in [2.45, 2.75) is 23.8 Å². The lowest BCUT2D eigenvalue weighted by Crippen LogP contribution is -2.50. The van der Waals surface area contributed by atoms with Gasteiger partial charge in [-0.2, -0.15) is 0 Å². The summed E-state index contributed by atoms with van der Waals surface area (Å²) in [5.41, 5.74) is 2.85. The minimum absolute atomic E-state index is 0.0116. The first-order valence-corrected chi connectivity index (χ1v) is 11.7. The monoisotopic (exact) mass is 451 g/mol. The summed E-state index contributed by atoms with van der Waals surface area (Å²) in [5, 5.41) is 5.71. The van der Waals surface area contributed by atoms with E-state index in [1.807, 2.05) is 48.7 Å². The van der Waals surface area contributed by atoms with Crippen LogP contribution in [0, 0.1) is 0 Å². The van der Waals surface area contributed by atoms with E-state index < -0.39 is 18.0 Å². The van der Waals surface area contributed by atoms with Gasteiger partial charge in [-0.15, -0.1) is 11.8 Å². The van der Waals surface area contributed by atoms with Crippen molar-refractivity contribution in [2.75, 3.05) is 26.0 Å². The molecule has 0 saturated carbocycles. The van der Waals surface area contributed by atoms with E-state index in [9.17, 15) is 14.4 Å². The molecule has 2 aromatic rings. The van der Waals surface area contributed by atoms with Crippen molar-refractivity contribution in [1.82, 2.24) is 15.5 Å². The van der Waals surface area contributed by atoms with Crippen molar-refractivity contribution < 1.29 is 19.1 Å². The van der Waals surface area contributed by atoms with Crippen molar-refractivity contribution in [3.63, 3.8) is 0 Å². The minimum atomic E-state index is -0.589. The number of carbonyl (C=O) groups excluding carboxylic acids is 3. The van der Waals surface area contributed by atoms with Gasteiger partial charge in [-0.3, -0.25) is 9.69 Å². The number of nitrogens with zero attached hydrogens (tertiary/aromatic N) is 1. The van der Waals surface area contributed by atoms with Gasteiger partial charge in [-0.1, -0.05) is 42.5 Å². The van der Waals surface area contributed by atoms with E-state index in [0.717, 1.165) is 23.3 Å². The van der Waals surface area contributed by atoms with Crippen LogP contribution in [0.15, 0.2) is 70.8 Å². The molecule has 166 valence electrons. The van der Waals surface area contributed by atoms with E-state index in [0.29, 0.717) is 17.8 Å². The van der Waals surface area contributed by atoms with Crippen molar-refractivity contribution in [1.29, 1.82) is 0 Å². The number of rotatable bonds is 8. The number of amides is 3. The first-order valence-electron chi connectivity index (χ1n) is 10.5. The van der Waals surface area contributed by atoms with Crippen LogP contribution in [-0.4, -0.2) is 48.8 Å². The van der Waals surface area contributed by atoms with Gasteiger partial charge in [-0.05, 0) is 42.4 Å². The van der Waals surface area contributed by atoms with Crippen LogP contribution in [-0.2, 0) is 20.7 Å². The topological polar surface area (TPSA) is 87.7 Å². The highest BCUT2D eigenvalue weighted by atomic mass is 32.2. The lowest BCUT2D eigenvalue weighted by Gasteiger charge is -2.32.